The molecule has 8 heteroatoms. The van der Waals surface area contributed by atoms with Crippen LogP contribution in [0.15, 0.2) is 61.1 Å². The second-order valence-electron chi connectivity index (χ2n) is 9.03. The largest absolute Gasteiger partial charge is 0.391 e. The predicted molar refractivity (Wildman–Crippen MR) is 131 cm³/mol. The smallest absolute Gasteiger partial charge is 0.187 e. The minimum Gasteiger partial charge on any atom is -0.391 e. The summed E-state index contributed by atoms with van der Waals surface area (Å²) in [5.74, 6) is 1.03. The summed E-state index contributed by atoms with van der Waals surface area (Å²) in [7, 11) is 1.93. The zero-order valence-electron chi connectivity index (χ0n) is 18.9. The van der Waals surface area contributed by atoms with Gasteiger partial charge < -0.3 is 19.9 Å². The summed E-state index contributed by atoms with van der Waals surface area (Å²) in [6.45, 7) is 10.2. The lowest BCUT2D eigenvalue weighted by Crippen LogP contribution is -2.28. The number of nitrogens with zero attached hydrogens (tertiary/aromatic N) is 6. The van der Waals surface area contributed by atoms with Crippen molar-refractivity contribution in [2.75, 3.05) is 31.6 Å². The van der Waals surface area contributed by atoms with Gasteiger partial charge in [-0.3, -0.25) is 4.57 Å². The molecule has 2 aliphatic heterocycles. The molecule has 0 radical (unpaired) electrons. The molecule has 4 heterocycles. The van der Waals surface area contributed by atoms with Crippen molar-refractivity contribution in [2.24, 2.45) is 5.92 Å². The van der Waals surface area contributed by atoms with Crippen LogP contribution in [0.3, 0.4) is 0 Å². The van der Waals surface area contributed by atoms with Crippen LogP contribution < -0.4 is 10.2 Å². The van der Waals surface area contributed by atoms with E-state index in [4.69, 9.17) is 6.57 Å². The maximum Gasteiger partial charge on any atom is 0.187 e. The number of aliphatic hydroxyl groups excluding tert-OH is 1. The first kappa shape index (κ1) is 20.7. The van der Waals surface area contributed by atoms with E-state index in [-0.39, 0.29) is 12.0 Å². The molecular weight excluding hydrogens is 426 g/mol. The van der Waals surface area contributed by atoms with E-state index >= 15 is 0 Å². The maximum atomic E-state index is 10.5. The van der Waals surface area contributed by atoms with Crippen LogP contribution in [0.2, 0.25) is 0 Å². The second-order valence-corrected chi connectivity index (χ2v) is 9.03. The monoisotopic (exact) mass is 451 g/mol. The molecule has 1 fully saturated rings. The Morgan fingerprint density at radius 2 is 1.97 bits per heavy atom. The maximum absolute atomic E-state index is 10.5. The van der Waals surface area contributed by atoms with Crippen molar-refractivity contribution in [1.29, 1.82) is 0 Å². The lowest BCUT2D eigenvalue weighted by Gasteiger charge is -2.20. The Bertz CT molecular complexity index is 1400. The van der Waals surface area contributed by atoms with Gasteiger partial charge in [0.2, 0.25) is 0 Å². The Labute approximate surface area is 197 Å². The van der Waals surface area contributed by atoms with Crippen LogP contribution in [0.1, 0.15) is 5.56 Å². The molecule has 4 aromatic rings. The van der Waals surface area contributed by atoms with Gasteiger partial charge in [-0.15, -0.1) is 10.2 Å². The Morgan fingerprint density at radius 1 is 1.12 bits per heavy atom. The summed E-state index contributed by atoms with van der Waals surface area (Å²) in [5.41, 5.74) is 7.15. The number of anilines is 1. The zero-order chi connectivity index (χ0) is 23.2. The highest BCUT2D eigenvalue weighted by Gasteiger charge is 2.31. The Kier molecular flexibility index (Phi) is 4.94. The summed E-state index contributed by atoms with van der Waals surface area (Å²) in [5, 5.41) is 22.3. The number of fused-ring (bicyclic) bond motifs is 5. The van der Waals surface area contributed by atoms with Crippen LogP contribution in [-0.4, -0.2) is 57.2 Å². The van der Waals surface area contributed by atoms with Crippen LogP contribution >= 0.6 is 0 Å². The van der Waals surface area contributed by atoms with Gasteiger partial charge in [0.1, 0.15) is 6.33 Å². The highest BCUT2D eigenvalue weighted by Crippen LogP contribution is 2.36. The van der Waals surface area contributed by atoms with Gasteiger partial charge in [0.15, 0.2) is 11.5 Å². The first-order chi connectivity index (χ1) is 16.6. The summed E-state index contributed by atoms with van der Waals surface area (Å²) in [6, 6.07) is 16.3. The van der Waals surface area contributed by atoms with Gasteiger partial charge in [0.25, 0.3) is 0 Å². The third kappa shape index (κ3) is 3.37. The third-order valence-corrected chi connectivity index (χ3v) is 6.90. The van der Waals surface area contributed by atoms with Gasteiger partial charge >= 0.3 is 0 Å². The molecule has 170 valence electrons. The molecular formula is C26H25N7O. The van der Waals surface area contributed by atoms with Gasteiger partial charge in [0.05, 0.1) is 24.1 Å². The molecule has 2 aromatic heterocycles. The van der Waals surface area contributed by atoms with E-state index in [1.165, 1.54) is 5.56 Å². The topological polar surface area (TPSA) is 75.5 Å². The molecule has 0 bridgehead atoms. The Hall–Kier alpha value is -3.93. The van der Waals surface area contributed by atoms with E-state index in [1.807, 2.05) is 35.9 Å². The van der Waals surface area contributed by atoms with Crippen molar-refractivity contribution in [3.05, 3.63) is 78.0 Å². The molecule has 0 unspecified atom stereocenters. The summed E-state index contributed by atoms with van der Waals surface area (Å²) in [4.78, 5) is 5.76. The SMILES string of the molecule is [C-]#[N+]c1ccc(-c2cc3n(c2)Cc2cc(N4C[C@H](CNC)[C@@H](O)C4)ccc2-n2cnnc2-3)cc1. The fourth-order valence-corrected chi connectivity index (χ4v) is 5.14. The van der Waals surface area contributed by atoms with E-state index in [1.54, 1.807) is 6.33 Å². The van der Waals surface area contributed by atoms with E-state index in [0.29, 0.717) is 18.8 Å². The summed E-state index contributed by atoms with van der Waals surface area (Å²) in [6.07, 6.45) is 3.58. The van der Waals surface area contributed by atoms with Crippen molar-refractivity contribution >= 4 is 11.4 Å². The fourth-order valence-electron chi connectivity index (χ4n) is 5.14. The van der Waals surface area contributed by atoms with Crippen LogP contribution in [0.25, 0.3) is 33.2 Å². The Morgan fingerprint density at radius 3 is 2.76 bits per heavy atom. The number of aromatic nitrogens is 4. The summed E-state index contributed by atoms with van der Waals surface area (Å²) < 4.78 is 4.27. The standard InChI is InChI=1S/C26H25N7O/c1-27-11-20-14-31(15-25(20)34)22-7-8-23-19(9-22)13-32-12-18(17-3-5-21(28-2)6-4-17)10-24(32)26-30-29-16-33(23)26/h3-10,12,16,20,25,27,34H,11,13-15H2,1H3/t20-,25-/m0/s1. The van der Waals surface area contributed by atoms with E-state index < -0.39 is 0 Å². The minimum atomic E-state index is -0.330. The number of benzene rings is 2. The molecule has 0 aliphatic carbocycles. The average Bonchev–Trinajstić information content (AvgIpc) is 3.57. The molecule has 2 aliphatic rings. The number of hydrogen-bond donors (Lipinski definition) is 2. The number of nitrogens with one attached hydrogen (secondary N) is 1. The first-order valence-corrected chi connectivity index (χ1v) is 11.4. The molecule has 2 aromatic carbocycles. The normalized spacial score (nSPS) is 18.7. The number of aliphatic hydroxyl groups is 1. The van der Waals surface area contributed by atoms with Crippen molar-refractivity contribution in [1.82, 2.24) is 24.6 Å². The molecule has 0 spiro atoms. The molecule has 6 rings (SSSR count). The highest BCUT2D eigenvalue weighted by atomic mass is 16.3. The van der Waals surface area contributed by atoms with E-state index in [0.717, 1.165) is 47.1 Å². The van der Waals surface area contributed by atoms with Crippen molar-refractivity contribution in [2.45, 2.75) is 12.6 Å². The number of hydrogen-bond acceptors (Lipinski definition) is 5. The van der Waals surface area contributed by atoms with Crippen molar-refractivity contribution in [3.63, 3.8) is 0 Å². The van der Waals surface area contributed by atoms with Crippen molar-refractivity contribution < 1.29 is 5.11 Å². The highest BCUT2D eigenvalue weighted by molar-refractivity contribution is 5.73. The Balaban J connectivity index is 1.38. The lowest BCUT2D eigenvalue weighted by atomic mass is 10.1. The minimum absolute atomic E-state index is 0.223. The number of rotatable bonds is 4. The van der Waals surface area contributed by atoms with E-state index in [9.17, 15) is 5.11 Å². The van der Waals surface area contributed by atoms with Crippen LogP contribution in [0.5, 0.6) is 0 Å². The van der Waals surface area contributed by atoms with E-state index in [2.05, 4.69) is 60.3 Å². The molecule has 0 saturated carbocycles. The van der Waals surface area contributed by atoms with Crippen LogP contribution in [0, 0.1) is 12.5 Å². The predicted octanol–water partition coefficient (Wildman–Crippen LogP) is 3.33. The van der Waals surface area contributed by atoms with Gasteiger partial charge in [-0.05, 0) is 42.4 Å². The molecule has 34 heavy (non-hydrogen) atoms. The molecule has 0 amide bonds. The number of β-amino-alcohol motifs (C(OH)–C–C–N with tert-alkyl or cyclic N) is 1. The van der Waals surface area contributed by atoms with Crippen molar-refractivity contribution in [3.8, 4) is 28.3 Å². The fraction of sp³-hybridized carbons (Fsp3) is 0.269. The van der Waals surface area contributed by atoms with Crippen LogP contribution in [0.4, 0.5) is 11.4 Å². The third-order valence-electron chi connectivity index (χ3n) is 6.90. The van der Waals surface area contributed by atoms with Gasteiger partial charge in [-0.1, -0.05) is 24.3 Å². The lowest BCUT2D eigenvalue weighted by molar-refractivity contribution is 0.148. The van der Waals surface area contributed by atoms with Crippen LogP contribution in [-0.2, 0) is 6.54 Å². The van der Waals surface area contributed by atoms with Gasteiger partial charge in [0, 0.05) is 49.5 Å². The molecule has 2 N–H and O–H groups in total. The zero-order valence-corrected chi connectivity index (χ0v) is 18.9. The molecule has 8 nitrogen and oxygen atoms in total. The molecule has 1 saturated heterocycles. The average molecular weight is 452 g/mol. The first-order valence-electron chi connectivity index (χ1n) is 11.4. The van der Waals surface area contributed by atoms with Gasteiger partial charge in [-0.25, -0.2) is 4.85 Å². The molecule has 2 atom stereocenters. The van der Waals surface area contributed by atoms with Gasteiger partial charge in [-0.2, -0.15) is 0 Å². The quantitative estimate of drug-likeness (QED) is 0.410. The summed E-state index contributed by atoms with van der Waals surface area (Å²) >= 11 is 0. The second kappa shape index (κ2) is 8.13.